The molecule has 0 aromatic carbocycles. The molecular weight excluding hydrogens is 260 g/mol. The Morgan fingerprint density at radius 3 is 2.70 bits per heavy atom. The Labute approximate surface area is 116 Å². The van der Waals surface area contributed by atoms with E-state index in [9.17, 15) is 19.5 Å². The van der Waals surface area contributed by atoms with Gasteiger partial charge in [-0.05, 0) is 31.9 Å². The number of rotatable bonds is 1. The van der Waals surface area contributed by atoms with Crippen LogP contribution in [-0.2, 0) is 19.1 Å². The summed E-state index contributed by atoms with van der Waals surface area (Å²) in [7, 11) is 0. The normalized spacial score (nSPS) is 40.0. The zero-order valence-electron chi connectivity index (χ0n) is 11.2. The van der Waals surface area contributed by atoms with E-state index in [-0.39, 0.29) is 29.3 Å². The van der Waals surface area contributed by atoms with Crippen LogP contribution in [0, 0.1) is 11.3 Å². The largest absolute Gasteiger partial charge is 0.466 e. The molecule has 20 heavy (non-hydrogen) atoms. The minimum Gasteiger partial charge on any atom is -0.466 e. The number of carbonyl (C=O) groups excluding carboxylic acids is 3. The lowest BCUT2D eigenvalue weighted by atomic mass is 9.56. The van der Waals surface area contributed by atoms with Crippen LogP contribution in [0.25, 0.3) is 0 Å². The van der Waals surface area contributed by atoms with Gasteiger partial charge in [-0.1, -0.05) is 6.42 Å². The number of allylic oxidation sites excluding steroid dienone is 4. The Balaban J connectivity index is 2.26. The molecule has 3 unspecified atom stereocenters. The number of fused-ring (bicyclic) bond motifs is 3. The maximum Gasteiger partial charge on any atom is 0.221 e. The van der Waals surface area contributed by atoms with E-state index in [1.807, 2.05) is 0 Å². The lowest BCUT2D eigenvalue weighted by Gasteiger charge is -2.53. The molecule has 1 fully saturated rings. The van der Waals surface area contributed by atoms with Gasteiger partial charge in [0.25, 0.3) is 0 Å². The van der Waals surface area contributed by atoms with Crippen LogP contribution in [0.3, 0.4) is 0 Å². The second kappa shape index (κ2) is 4.12. The van der Waals surface area contributed by atoms with Crippen molar-refractivity contribution in [2.24, 2.45) is 11.3 Å². The van der Waals surface area contributed by atoms with Crippen molar-refractivity contribution in [1.29, 1.82) is 0 Å². The van der Waals surface area contributed by atoms with E-state index in [4.69, 9.17) is 4.74 Å². The fourth-order valence-electron chi connectivity index (χ4n) is 3.77. The van der Waals surface area contributed by atoms with Gasteiger partial charge < -0.3 is 14.6 Å². The number of carbonyl (C=O) groups is 3. The standard InChI is InChI=1S/C15H16O5/c1-9-12-10(17)4-5-11(18)13(12)14(8-16)6-2-3-7-15(14,19)20-9/h4-5,8,13,19H,2-3,6-7H2,1H3. The number of ether oxygens (including phenoxy) is 1. The number of aldehydes is 1. The molecular formula is C15H16O5. The highest BCUT2D eigenvalue weighted by atomic mass is 16.6. The smallest absolute Gasteiger partial charge is 0.221 e. The van der Waals surface area contributed by atoms with Gasteiger partial charge >= 0.3 is 0 Å². The Bertz CT molecular complexity index is 573. The molecule has 5 nitrogen and oxygen atoms in total. The van der Waals surface area contributed by atoms with Crippen LogP contribution >= 0.6 is 0 Å². The predicted molar refractivity (Wildman–Crippen MR) is 68.3 cm³/mol. The molecule has 3 rings (SSSR count). The van der Waals surface area contributed by atoms with Crippen LogP contribution in [0.2, 0.25) is 0 Å². The molecule has 3 atom stereocenters. The summed E-state index contributed by atoms with van der Waals surface area (Å²) in [4.78, 5) is 36.1. The van der Waals surface area contributed by atoms with Crippen LogP contribution in [0.1, 0.15) is 32.6 Å². The summed E-state index contributed by atoms with van der Waals surface area (Å²) in [5.74, 6) is -2.99. The second-order valence-corrected chi connectivity index (χ2v) is 5.75. The van der Waals surface area contributed by atoms with Crippen molar-refractivity contribution in [3.63, 3.8) is 0 Å². The average molecular weight is 276 g/mol. The molecule has 3 aliphatic rings. The van der Waals surface area contributed by atoms with E-state index in [0.717, 1.165) is 12.8 Å². The monoisotopic (exact) mass is 276 g/mol. The zero-order chi connectivity index (χ0) is 14.5. The molecule has 1 heterocycles. The number of ketones is 2. The number of hydrogen-bond donors (Lipinski definition) is 1. The highest BCUT2D eigenvalue weighted by molar-refractivity contribution is 6.17. The fraction of sp³-hybridized carbons (Fsp3) is 0.533. The van der Waals surface area contributed by atoms with Gasteiger partial charge in [0.2, 0.25) is 5.79 Å². The highest BCUT2D eigenvalue weighted by Crippen LogP contribution is 2.56. The molecule has 1 saturated carbocycles. The van der Waals surface area contributed by atoms with E-state index in [0.29, 0.717) is 12.7 Å². The zero-order valence-corrected chi connectivity index (χ0v) is 11.2. The highest BCUT2D eigenvalue weighted by Gasteiger charge is 2.65. The molecule has 5 heteroatoms. The lowest BCUT2D eigenvalue weighted by Crippen LogP contribution is -2.62. The van der Waals surface area contributed by atoms with Crippen LogP contribution < -0.4 is 0 Å². The van der Waals surface area contributed by atoms with E-state index in [1.54, 1.807) is 6.92 Å². The molecule has 1 N–H and O–H groups in total. The van der Waals surface area contributed by atoms with E-state index in [1.165, 1.54) is 12.2 Å². The fourth-order valence-corrected chi connectivity index (χ4v) is 3.77. The molecule has 106 valence electrons. The van der Waals surface area contributed by atoms with Crippen LogP contribution in [-0.4, -0.2) is 28.7 Å². The topological polar surface area (TPSA) is 80.7 Å². The SMILES string of the molecule is CC1=C2C(=O)C=CC(=O)C2C2(C=O)CCCCC2(O)O1. The first-order valence-corrected chi connectivity index (χ1v) is 6.80. The molecule has 0 spiro atoms. The van der Waals surface area contributed by atoms with Crippen molar-refractivity contribution in [2.75, 3.05) is 0 Å². The molecule has 0 bridgehead atoms. The second-order valence-electron chi connectivity index (χ2n) is 5.75. The van der Waals surface area contributed by atoms with Crippen molar-refractivity contribution < 1.29 is 24.2 Å². The lowest BCUT2D eigenvalue weighted by molar-refractivity contribution is -0.276. The summed E-state index contributed by atoms with van der Waals surface area (Å²) >= 11 is 0. The van der Waals surface area contributed by atoms with Crippen LogP contribution in [0.4, 0.5) is 0 Å². The van der Waals surface area contributed by atoms with Crippen molar-refractivity contribution in [2.45, 2.75) is 38.4 Å². The Morgan fingerprint density at radius 1 is 1.30 bits per heavy atom. The first-order chi connectivity index (χ1) is 9.45. The minimum absolute atomic E-state index is 0.219. The van der Waals surface area contributed by atoms with Gasteiger partial charge in [0, 0.05) is 12.0 Å². The molecule has 0 radical (unpaired) electrons. The first kappa shape index (κ1) is 13.2. The third-order valence-corrected chi connectivity index (χ3v) is 4.75. The Hall–Kier alpha value is -1.75. The van der Waals surface area contributed by atoms with Crippen molar-refractivity contribution in [3.05, 3.63) is 23.5 Å². The van der Waals surface area contributed by atoms with Gasteiger partial charge in [-0.2, -0.15) is 0 Å². The summed E-state index contributed by atoms with van der Waals surface area (Å²) in [6.07, 6.45) is 5.10. The van der Waals surface area contributed by atoms with Crippen molar-refractivity contribution in [3.8, 4) is 0 Å². The quantitative estimate of drug-likeness (QED) is 0.724. The summed E-state index contributed by atoms with van der Waals surface area (Å²) < 4.78 is 5.56. The van der Waals surface area contributed by atoms with Gasteiger partial charge in [-0.25, -0.2) is 0 Å². The van der Waals surface area contributed by atoms with E-state index < -0.39 is 17.1 Å². The molecule has 0 amide bonds. The van der Waals surface area contributed by atoms with Gasteiger partial charge in [-0.3, -0.25) is 9.59 Å². The maximum atomic E-state index is 12.3. The maximum absolute atomic E-state index is 12.3. The predicted octanol–water partition coefficient (Wildman–Crippen LogP) is 1.06. The molecule has 1 aliphatic heterocycles. The van der Waals surface area contributed by atoms with Crippen molar-refractivity contribution in [1.82, 2.24) is 0 Å². The third kappa shape index (κ3) is 1.44. The van der Waals surface area contributed by atoms with Gasteiger partial charge in [-0.15, -0.1) is 0 Å². The minimum atomic E-state index is -1.69. The third-order valence-electron chi connectivity index (χ3n) is 4.75. The van der Waals surface area contributed by atoms with Crippen LogP contribution in [0.5, 0.6) is 0 Å². The summed E-state index contributed by atoms with van der Waals surface area (Å²) in [6.45, 7) is 1.56. The van der Waals surface area contributed by atoms with Crippen LogP contribution in [0.15, 0.2) is 23.5 Å². The molecule has 0 aromatic rings. The Morgan fingerprint density at radius 2 is 2.00 bits per heavy atom. The first-order valence-electron chi connectivity index (χ1n) is 6.80. The Kier molecular flexibility index (Phi) is 2.73. The molecule has 2 aliphatic carbocycles. The van der Waals surface area contributed by atoms with Gasteiger partial charge in [0.1, 0.15) is 17.5 Å². The number of hydrogen-bond acceptors (Lipinski definition) is 5. The molecule has 0 aromatic heterocycles. The average Bonchev–Trinajstić information content (AvgIpc) is 2.41. The summed E-state index contributed by atoms with van der Waals surface area (Å²) in [6, 6.07) is 0. The summed E-state index contributed by atoms with van der Waals surface area (Å²) in [5.41, 5.74) is -1.13. The van der Waals surface area contributed by atoms with E-state index >= 15 is 0 Å². The van der Waals surface area contributed by atoms with Crippen molar-refractivity contribution >= 4 is 17.9 Å². The summed E-state index contributed by atoms with van der Waals surface area (Å²) in [5, 5.41) is 10.8. The molecule has 0 saturated heterocycles. The van der Waals surface area contributed by atoms with Gasteiger partial charge in [0.05, 0.1) is 5.92 Å². The number of aliphatic hydroxyl groups is 1. The van der Waals surface area contributed by atoms with E-state index in [2.05, 4.69) is 0 Å². The van der Waals surface area contributed by atoms with Gasteiger partial charge in [0.15, 0.2) is 11.6 Å².